The van der Waals surface area contributed by atoms with Crippen molar-refractivity contribution in [2.45, 2.75) is 32.1 Å². The monoisotopic (exact) mass is 326 g/mol. The molecule has 0 saturated carbocycles. The van der Waals surface area contributed by atoms with E-state index in [1.165, 1.54) is 0 Å². The highest BCUT2D eigenvalue weighted by atomic mass is 79.9. The number of hydrogen-bond acceptors (Lipinski definition) is 2. The quantitative estimate of drug-likeness (QED) is 0.718. The summed E-state index contributed by atoms with van der Waals surface area (Å²) in [7, 11) is 0. The third-order valence-corrected chi connectivity index (χ3v) is 3.23. The standard InChI is InChI=1S/C14H19BrN2O2/c15-12-7-5-11(6-8-12)10-14(19)17-9-3-1-2-4-13(16)18/h5-8H,1-4,9-10H2,(H2,16,18)(H,17,19). The van der Waals surface area contributed by atoms with Crippen molar-refractivity contribution >= 4 is 27.7 Å². The van der Waals surface area contributed by atoms with Crippen molar-refractivity contribution in [2.24, 2.45) is 5.73 Å². The van der Waals surface area contributed by atoms with Gasteiger partial charge in [-0.05, 0) is 30.5 Å². The predicted octanol–water partition coefficient (Wildman–Crippen LogP) is 2.15. The molecule has 3 N–H and O–H groups in total. The van der Waals surface area contributed by atoms with Crippen LogP contribution in [-0.2, 0) is 16.0 Å². The maximum atomic E-state index is 11.6. The molecule has 0 aliphatic heterocycles. The molecule has 0 heterocycles. The van der Waals surface area contributed by atoms with Crippen LogP contribution in [-0.4, -0.2) is 18.4 Å². The lowest BCUT2D eigenvalue weighted by molar-refractivity contribution is -0.120. The number of rotatable bonds is 8. The molecule has 0 aliphatic rings. The van der Waals surface area contributed by atoms with Gasteiger partial charge in [-0.3, -0.25) is 9.59 Å². The lowest BCUT2D eigenvalue weighted by atomic mass is 10.1. The molecule has 19 heavy (non-hydrogen) atoms. The van der Waals surface area contributed by atoms with Crippen LogP contribution in [0.15, 0.2) is 28.7 Å². The van der Waals surface area contributed by atoms with Gasteiger partial charge in [0.05, 0.1) is 6.42 Å². The summed E-state index contributed by atoms with van der Waals surface area (Å²) in [5.41, 5.74) is 6.03. The van der Waals surface area contributed by atoms with Gasteiger partial charge in [0.2, 0.25) is 11.8 Å². The van der Waals surface area contributed by atoms with Crippen LogP contribution in [0.5, 0.6) is 0 Å². The number of primary amides is 1. The van der Waals surface area contributed by atoms with Crippen LogP contribution < -0.4 is 11.1 Å². The fourth-order valence-electron chi connectivity index (χ4n) is 1.68. The van der Waals surface area contributed by atoms with Crippen molar-refractivity contribution in [3.8, 4) is 0 Å². The first kappa shape index (κ1) is 15.7. The Morgan fingerprint density at radius 2 is 1.79 bits per heavy atom. The molecule has 0 unspecified atom stereocenters. The van der Waals surface area contributed by atoms with Crippen molar-refractivity contribution < 1.29 is 9.59 Å². The second kappa shape index (κ2) is 8.69. The molecule has 0 radical (unpaired) electrons. The molecular formula is C14H19BrN2O2. The Labute approximate surface area is 121 Å². The van der Waals surface area contributed by atoms with Crippen molar-refractivity contribution in [1.29, 1.82) is 0 Å². The molecule has 5 heteroatoms. The highest BCUT2D eigenvalue weighted by Gasteiger charge is 2.02. The van der Waals surface area contributed by atoms with Crippen molar-refractivity contribution in [1.82, 2.24) is 5.32 Å². The lowest BCUT2D eigenvalue weighted by Gasteiger charge is -2.05. The molecule has 4 nitrogen and oxygen atoms in total. The van der Waals surface area contributed by atoms with Crippen LogP contribution in [0.2, 0.25) is 0 Å². The zero-order chi connectivity index (χ0) is 14.1. The molecule has 0 aliphatic carbocycles. The number of unbranched alkanes of at least 4 members (excludes halogenated alkanes) is 2. The Hall–Kier alpha value is -1.36. The maximum Gasteiger partial charge on any atom is 0.224 e. The molecule has 1 rings (SSSR count). The summed E-state index contributed by atoms with van der Waals surface area (Å²) in [6, 6.07) is 7.70. The molecule has 1 aromatic carbocycles. The largest absolute Gasteiger partial charge is 0.370 e. The highest BCUT2D eigenvalue weighted by Crippen LogP contribution is 2.10. The van der Waals surface area contributed by atoms with Crippen molar-refractivity contribution in [3.63, 3.8) is 0 Å². The van der Waals surface area contributed by atoms with Crippen LogP contribution in [0, 0.1) is 0 Å². The fourth-order valence-corrected chi connectivity index (χ4v) is 1.94. The number of nitrogens with two attached hydrogens (primary N) is 1. The third kappa shape index (κ3) is 7.62. The minimum Gasteiger partial charge on any atom is -0.370 e. The van der Waals surface area contributed by atoms with Crippen LogP contribution in [0.3, 0.4) is 0 Å². The minimum atomic E-state index is -0.265. The van der Waals surface area contributed by atoms with E-state index < -0.39 is 0 Å². The first-order valence-electron chi connectivity index (χ1n) is 6.37. The molecule has 0 atom stereocenters. The van der Waals surface area contributed by atoms with E-state index in [0.29, 0.717) is 19.4 Å². The molecule has 0 saturated heterocycles. The van der Waals surface area contributed by atoms with Crippen molar-refractivity contribution in [2.75, 3.05) is 6.54 Å². The second-order valence-electron chi connectivity index (χ2n) is 4.43. The average molecular weight is 327 g/mol. The minimum absolute atomic E-state index is 0.0252. The zero-order valence-electron chi connectivity index (χ0n) is 10.8. The molecule has 0 fully saturated rings. The maximum absolute atomic E-state index is 11.6. The highest BCUT2D eigenvalue weighted by molar-refractivity contribution is 9.10. The van der Waals surface area contributed by atoms with Gasteiger partial charge in [-0.15, -0.1) is 0 Å². The molecule has 104 valence electrons. The number of benzene rings is 1. The van der Waals surface area contributed by atoms with Gasteiger partial charge < -0.3 is 11.1 Å². The summed E-state index contributed by atoms with van der Waals surface area (Å²) in [4.78, 5) is 22.2. The molecule has 0 bridgehead atoms. The van der Waals surface area contributed by atoms with E-state index in [1.807, 2.05) is 24.3 Å². The summed E-state index contributed by atoms with van der Waals surface area (Å²) >= 11 is 3.35. The van der Waals surface area contributed by atoms with Crippen LogP contribution in [0.1, 0.15) is 31.2 Å². The zero-order valence-corrected chi connectivity index (χ0v) is 12.4. The van der Waals surface area contributed by atoms with E-state index in [-0.39, 0.29) is 11.8 Å². The molecule has 1 aromatic rings. The fraction of sp³-hybridized carbons (Fsp3) is 0.429. The van der Waals surface area contributed by atoms with Crippen molar-refractivity contribution in [3.05, 3.63) is 34.3 Å². The first-order valence-corrected chi connectivity index (χ1v) is 7.16. The average Bonchev–Trinajstić information content (AvgIpc) is 2.36. The SMILES string of the molecule is NC(=O)CCCCCNC(=O)Cc1ccc(Br)cc1. The van der Waals surface area contributed by atoms with E-state index in [0.717, 1.165) is 29.3 Å². The van der Waals surface area contributed by atoms with Gasteiger partial charge in [0.15, 0.2) is 0 Å². The van der Waals surface area contributed by atoms with Gasteiger partial charge >= 0.3 is 0 Å². The summed E-state index contributed by atoms with van der Waals surface area (Å²) in [5, 5.41) is 2.87. The van der Waals surface area contributed by atoms with E-state index in [9.17, 15) is 9.59 Å². The summed E-state index contributed by atoms with van der Waals surface area (Å²) in [6.45, 7) is 0.647. The molecule has 0 aromatic heterocycles. The predicted molar refractivity (Wildman–Crippen MR) is 78.5 cm³/mol. The van der Waals surface area contributed by atoms with Crippen LogP contribution >= 0.6 is 15.9 Å². The second-order valence-corrected chi connectivity index (χ2v) is 5.35. The summed E-state index contributed by atoms with van der Waals surface area (Å²) < 4.78 is 1.01. The summed E-state index contributed by atoms with van der Waals surface area (Å²) in [6.07, 6.45) is 3.39. The number of amides is 2. The molecular weight excluding hydrogens is 308 g/mol. The number of carbonyl (C=O) groups is 2. The summed E-state index contributed by atoms with van der Waals surface area (Å²) in [5.74, 6) is -0.239. The normalized spacial score (nSPS) is 10.2. The van der Waals surface area contributed by atoms with Gasteiger partial charge in [-0.1, -0.05) is 34.5 Å². The van der Waals surface area contributed by atoms with Gasteiger partial charge in [-0.2, -0.15) is 0 Å². The first-order chi connectivity index (χ1) is 9.08. The Morgan fingerprint density at radius 1 is 1.11 bits per heavy atom. The van der Waals surface area contributed by atoms with Gasteiger partial charge in [-0.25, -0.2) is 0 Å². The Kier molecular flexibility index (Phi) is 7.18. The van der Waals surface area contributed by atoms with E-state index in [2.05, 4.69) is 21.2 Å². The van der Waals surface area contributed by atoms with Gasteiger partial charge in [0, 0.05) is 17.4 Å². The van der Waals surface area contributed by atoms with Crippen LogP contribution in [0.25, 0.3) is 0 Å². The van der Waals surface area contributed by atoms with Crippen LogP contribution in [0.4, 0.5) is 0 Å². The third-order valence-electron chi connectivity index (χ3n) is 2.70. The Bertz CT molecular complexity index is 418. The molecule has 2 amide bonds. The Morgan fingerprint density at radius 3 is 2.42 bits per heavy atom. The van der Waals surface area contributed by atoms with E-state index in [1.54, 1.807) is 0 Å². The Balaban J connectivity index is 2.11. The number of halogens is 1. The number of hydrogen-bond donors (Lipinski definition) is 2. The van der Waals surface area contributed by atoms with Gasteiger partial charge in [0.1, 0.15) is 0 Å². The number of nitrogens with one attached hydrogen (secondary N) is 1. The lowest BCUT2D eigenvalue weighted by Crippen LogP contribution is -2.26. The smallest absolute Gasteiger partial charge is 0.224 e. The number of carbonyl (C=O) groups excluding carboxylic acids is 2. The molecule has 0 spiro atoms. The van der Waals surface area contributed by atoms with Gasteiger partial charge in [0.25, 0.3) is 0 Å². The topological polar surface area (TPSA) is 72.2 Å². The van der Waals surface area contributed by atoms with E-state index in [4.69, 9.17) is 5.73 Å². The van der Waals surface area contributed by atoms with E-state index >= 15 is 0 Å².